The molecule has 21 heavy (non-hydrogen) atoms. The maximum atomic E-state index is 11.9. The van der Waals surface area contributed by atoms with Crippen molar-refractivity contribution >= 4 is 23.4 Å². The van der Waals surface area contributed by atoms with Crippen LogP contribution < -0.4 is 0 Å². The van der Waals surface area contributed by atoms with E-state index in [-0.39, 0.29) is 17.0 Å². The second-order valence-corrected chi connectivity index (χ2v) is 3.90. The number of nitro groups is 2. The van der Waals surface area contributed by atoms with Crippen LogP contribution in [0.1, 0.15) is 16.1 Å². The van der Waals surface area contributed by atoms with E-state index in [2.05, 4.69) is 0 Å². The summed E-state index contributed by atoms with van der Waals surface area (Å²) in [5.41, 5.74) is -0.377. The van der Waals surface area contributed by atoms with E-state index >= 15 is 0 Å². The van der Waals surface area contributed by atoms with Gasteiger partial charge in [0.1, 0.15) is 10.7 Å². The molecule has 106 valence electrons. The maximum Gasteiger partial charge on any atom is 0.433 e. The molecule has 8 heteroatoms. The summed E-state index contributed by atoms with van der Waals surface area (Å²) in [6.07, 6.45) is 2.27. The van der Waals surface area contributed by atoms with Crippen molar-refractivity contribution in [3.8, 4) is 0 Å². The fourth-order valence-electron chi connectivity index (χ4n) is 1.62. The summed E-state index contributed by atoms with van der Waals surface area (Å²) >= 11 is 0. The van der Waals surface area contributed by atoms with E-state index in [4.69, 9.17) is 4.42 Å². The normalized spacial score (nSPS) is 10.7. The second kappa shape index (κ2) is 5.78. The third-order valence-electron chi connectivity index (χ3n) is 2.56. The summed E-state index contributed by atoms with van der Waals surface area (Å²) in [4.78, 5) is 31.8. The molecule has 0 aliphatic carbocycles. The van der Waals surface area contributed by atoms with Crippen LogP contribution in [-0.2, 0) is 0 Å². The highest BCUT2D eigenvalue weighted by Crippen LogP contribution is 2.20. The highest BCUT2D eigenvalue weighted by atomic mass is 16.6. The number of hydrogen-bond donors (Lipinski definition) is 0. The largest absolute Gasteiger partial charge is 0.433 e. The first kappa shape index (κ1) is 14.1. The lowest BCUT2D eigenvalue weighted by atomic mass is 10.1. The number of para-hydroxylation sites is 1. The van der Waals surface area contributed by atoms with Gasteiger partial charge in [-0.3, -0.25) is 25.0 Å². The summed E-state index contributed by atoms with van der Waals surface area (Å²) in [5, 5.41) is 21.3. The molecule has 0 N–H and O–H groups in total. The van der Waals surface area contributed by atoms with E-state index in [0.717, 1.165) is 12.1 Å². The number of benzene rings is 1. The monoisotopic (exact) mass is 288 g/mol. The van der Waals surface area contributed by atoms with Crippen molar-refractivity contribution in [2.75, 3.05) is 0 Å². The van der Waals surface area contributed by atoms with E-state index in [1.54, 1.807) is 0 Å². The van der Waals surface area contributed by atoms with E-state index in [9.17, 15) is 25.0 Å². The third-order valence-corrected chi connectivity index (χ3v) is 2.56. The molecule has 0 unspecified atom stereocenters. The molecule has 0 bridgehead atoms. The molecule has 1 heterocycles. The topological polar surface area (TPSA) is 116 Å². The first-order valence-corrected chi connectivity index (χ1v) is 5.69. The molecule has 2 aromatic rings. The van der Waals surface area contributed by atoms with Gasteiger partial charge in [-0.15, -0.1) is 0 Å². The summed E-state index contributed by atoms with van der Waals surface area (Å²) < 4.78 is 4.84. The van der Waals surface area contributed by atoms with Crippen molar-refractivity contribution in [3.63, 3.8) is 0 Å². The van der Waals surface area contributed by atoms with Gasteiger partial charge < -0.3 is 4.42 Å². The Morgan fingerprint density at radius 1 is 1.05 bits per heavy atom. The number of furan rings is 1. The van der Waals surface area contributed by atoms with Gasteiger partial charge in [0.05, 0.1) is 16.6 Å². The fraction of sp³-hybridized carbons (Fsp3) is 0. The van der Waals surface area contributed by atoms with Crippen LogP contribution in [0.15, 0.2) is 46.9 Å². The summed E-state index contributed by atoms with van der Waals surface area (Å²) in [7, 11) is 0. The number of hydrogen-bond acceptors (Lipinski definition) is 6. The van der Waals surface area contributed by atoms with E-state index < -0.39 is 21.5 Å². The van der Waals surface area contributed by atoms with Gasteiger partial charge in [0.2, 0.25) is 0 Å². The van der Waals surface area contributed by atoms with Crippen LogP contribution in [0.5, 0.6) is 0 Å². The Kier molecular flexibility index (Phi) is 3.89. The number of carbonyl (C=O) groups is 1. The van der Waals surface area contributed by atoms with E-state index in [0.29, 0.717) is 0 Å². The van der Waals surface area contributed by atoms with Crippen molar-refractivity contribution in [2.45, 2.75) is 0 Å². The SMILES string of the molecule is O=C(/C=C/c1ccc([N+](=O)[O-])o1)c1ccccc1[N+](=O)[O-]. The number of ketones is 1. The molecule has 0 atom stereocenters. The van der Waals surface area contributed by atoms with Gasteiger partial charge in [0.25, 0.3) is 5.69 Å². The average molecular weight is 288 g/mol. The first-order valence-electron chi connectivity index (χ1n) is 5.69. The highest BCUT2D eigenvalue weighted by molar-refractivity contribution is 6.09. The third kappa shape index (κ3) is 3.18. The first-order chi connectivity index (χ1) is 9.99. The smallest absolute Gasteiger partial charge is 0.401 e. The van der Waals surface area contributed by atoms with Crippen LogP contribution in [0.4, 0.5) is 11.6 Å². The Morgan fingerprint density at radius 2 is 1.76 bits per heavy atom. The molecule has 2 rings (SSSR count). The van der Waals surface area contributed by atoms with Gasteiger partial charge in [0.15, 0.2) is 5.78 Å². The summed E-state index contributed by atoms with van der Waals surface area (Å²) in [5.74, 6) is -0.942. The fourth-order valence-corrected chi connectivity index (χ4v) is 1.62. The lowest BCUT2D eigenvalue weighted by molar-refractivity contribution is -0.402. The molecule has 0 saturated heterocycles. The molecular formula is C13H8N2O6. The maximum absolute atomic E-state index is 11.9. The van der Waals surface area contributed by atoms with Crippen molar-refractivity contribution in [1.82, 2.24) is 0 Å². The molecule has 0 spiro atoms. The Balaban J connectivity index is 2.23. The van der Waals surface area contributed by atoms with E-state index in [1.807, 2.05) is 0 Å². The van der Waals surface area contributed by atoms with Gasteiger partial charge in [-0.1, -0.05) is 12.1 Å². The van der Waals surface area contributed by atoms with E-state index in [1.165, 1.54) is 36.4 Å². The van der Waals surface area contributed by atoms with Gasteiger partial charge >= 0.3 is 5.88 Å². The molecule has 8 nitrogen and oxygen atoms in total. The Morgan fingerprint density at radius 3 is 2.38 bits per heavy atom. The van der Waals surface area contributed by atoms with Crippen LogP contribution in [-0.4, -0.2) is 15.6 Å². The molecule has 0 radical (unpaired) electrons. The van der Waals surface area contributed by atoms with Crippen LogP contribution in [0, 0.1) is 20.2 Å². The van der Waals surface area contributed by atoms with Gasteiger partial charge in [-0.05, 0) is 24.3 Å². The Labute approximate surface area is 117 Å². The number of rotatable bonds is 5. The standard InChI is InChI=1S/C13H8N2O6/c16-12(10-3-1-2-4-11(10)14(17)18)7-5-9-6-8-13(21-9)15(19)20/h1-8H/b7-5+. The molecule has 1 aromatic heterocycles. The molecular weight excluding hydrogens is 280 g/mol. The van der Waals surface area contributed by atoms with Crippen molar-refractivity contribution in [3.05, 3.63) is 74.0 Å². The predicted molar refractivity (Wildman–Crippen MR) is 71.8 cm³/mol. The lowest BCUT2D eigenvalue weighted by Crippen LogP contribution is -2.00. The molecule has 1 aromatic carbocycles. The Bertz CT molecular complexity index is 747. The van der Waals surface area contributed by atoms with Crippen molar-refractivity contribution < 1.29 is 19.1 Å². The minimum Gasteiger partial charge on any atom is -0.401 e. The number of carbonyl (C=O) groups excluding carboxylic acids is 1. The quantitative estimate of drug-likeness (QED) is 0.361. The zero-order valence-corrected chi connectivity index (χ0v) is 10.5. The van der Waals surface area contributed by atoms with Gasteiger partial charge in [-0.25, -0.2) is 0 Å². The van der Waals surface area contributed by atoms with Gasteiger partial charge in [0, 0.05) is 6.07 Å². The number of allylic oxidation sites excluding steroid dienone is 1. The van der Waals surface area contributed by atoms with Gasteiger partial charge in [-0.2, -0.15) is 0 Å². The van der Waals surface area contributed by atoms with Crippen LogP contribution >= 0.6 is 0 Å². The lowest BCUT2D eigenvalue weighted by Gasteiger charge is -1.97. The number of nitro benzene ring substituents is 1. The van der Waals surface area contributed by atoms with Crippen LogP contribution in [0.25, 0.3) is 6.08 Å². The molecule has 0 aliphatic heterocycles. The zero-order chi connectivity index (χ0) is 15.4. The van der Waals surface area contributed by atoms with Crippen LogP contribution in [0.2, 0.25) is 0 Å². The number of nitrogens with zero attached hydrogens (tertiary/aromatic N) is 2. The van der Waals surface area contributed by atoms with Crippen molar-refractivity contribution in [1.29, 1.82) is 0 Å². The highest BCUT2D eigenvalue weighted by Gasteiger charge is 2.17. The molecule has 0 aliphatic rings. The predicted octanol–water partition coefficient (Wildman–Crippen LogP) is 2.99. The second-order valence-electron chi connectivity index (χ2n) is 3.90. The van der Waals surface area contributed by atoms with Crippen LogP contribution in [0.3, 0.4) is 0 Å². The zero-order valence-electron chi connectivity index (χ0n) is 10.5. The minimum absolute atomic E-state index is 0.0696. The molecule has 0 fully saturated rings. The summed E-state index contributed by atoms with van der Waals surface area (Å²) in [6.45, 7) is 0. The molecule has 0 amide bonds. The Hall–Kier alpha value is -3.29. The average Bonchev–Trinajstić information content (AvgIpc) is 2.94. The summed E-state index contributed by atoms with van der Waals surface area (Å²) in [6, 6.07) is 7.98. The van der Waals surface area contributed by atoms with Crippen molar-refractivity contribution in [2.24, 2.45) is 0 Å². The minimum atomic E-state index is -0.707. The molecule has 0 saturated carbocycles.